The Labute approximate surface area is 159 Å². The van der Waals surface area contributed by atoms with E-state index in [9.17, 15) is 13.2 Å². The van der Waals surface area contributed by atoms with Crippen molar-refractivity contribution in [3.63, 3.8) is 0 Å². The van der Waals surface area contributed by atoms with Crippen molar-refractivity contribution in [2.45, 2.75) is 24.5 Å². The second-order valence-corrected chi connectivity index (χ2v) is 7.36. The predicted molar refractivity (Wildman–Crippen MR) is 97.4 cm³/mol. The van der Waals surface area contributed by atoms with Gasteiger partial charge in [0.05, 0.1) is 14.1 Å². The normalized spacial score (nSPS) is 12.8. The van der Waals surface area contributed by atoms with Crippen molar-refractivity contribution >= 4 is 44.3 Å². The van der Waals surface area contributed by atoms with E-state index in [0.29, 0.717) is 13.0 Å². The molecule has 1 N–H and O–H groups in total. The Balaban J connectivity index is 1.92. The molecule has 0 fully saturated rings. The summed E-state index contributed by atoms with van der Waals surface area (Å²) in [4.78, 5) is 8.56. The van der Waals surface area contributed by atoms with E-state index >= 15 is 0 Å². The van der Waals surface area contributed by atoms with E-state index < -0.39 is 6.36 Å². The van der Waals surface area contributed by atoms with Gasteiger partial charge in [-0.05, 0) is 53.6 Å². The highest BCUT2D eigenvalue weighted by atomic mass is 127. The first-order valence-corrected chi connectivity index (χ1v) is 8.98. The molecule has 0 spiro atoms. The van der Waals surface area contributed by atoms with E-state index in [2.05, 4.69) is 58.5 Å². The van der Waals surface area contributed by atoms with Crippen molar-refractivity contribution in [3.8, 4) is 5.75 Å². The zero-order chi connectivity index (χ0) is 17.7. The number of hydrogen-bond acceptors (Lipinski definition) is 4. The average Bonchev–Trinajstić information content (AvgIpc) is 2.49. The highest BCUT2D eigenvalue weighted by Crippen LogP contribution is 2.28. The molecule has 1 heterocycles. The number of nitrogens with zero attached hydrogens (tertiary/aromatic N) is 2. The van der Waals surface area contributed by atoms with Crippen molar-refractivity contribution < 1.29 is 17.9 Å². The number of rotatable bonds is 6. The zero-order valence-electron chi connectivity index (χ0n) is 12.6. The van der Waals surface area contributed by atoms with Gasteiger partial charge in [0, 0.05) is 6.54 Å². The summed E-state index contributed by atoms with van der Waals surface area (Å²) in [6, 6.07) is 5.84. The fraction of sp³-hybridized carbons (Fsp3) is 0.333. The third-order valence-corrected chi connectivity index (χ3v) is 4.55. The Hall–Kier alpha value is -1.10. The maximum absolute atomic E-state index is 12.1. The van der Waals surface area contributed by atoms with Gasteiger partial charge < -0.3 is 10.1 Å². The average molecular weight is 516 g/mol. The number of anilines is 1. The van der Waals surface area contributed by atoms with E-state index in [1.807, 2.05) is 6.92 Å². The Bertz CT molecular complexity index is 681. The lowest BCUT2D eigenvalue weighted by atomic mass is 10.1. The van der Waals surface area contributed by atoms with Crippen molar-refractivity contribution in [2.75, 3.05) is 11.9 Å². The lowest BCUT2D eigenvalue weighted by Crippen LogP contribution is -2.17. The summed E-state index contributed by atoms with van der Waals surface area (Å²) in [5.74, 6) is 0.518. The Kier molecular flexibility index (Phi) is 6.67. The van der Waals surface area contributed by atoms with E-state index in [0.717, 1.165) is 20.6 Å². The number of hydrogen-bond donors (Lipinski definition) is 1. The lowest BCUT2D eigenvalue weighted by Gasteiger charge is -2.12. The minimum atomic E-state index is -4.67. The fourth-order valence-corrected chi connectivity index (χ4v) is 3.68. The van der Waals surface area contributed by atoms with Gasteiger partial charge in [0.2, 0.25) is 0 Å². The summed E-state index contributed by atoms with van der Waals surface area (Å²) in [6.07, 6.45) is -2.52. The molecule has 1 aromatic heterocycles. The van der Waals surface area contributed by atoms with Crippen LogP contribution in [-0.2, 0) is 6.42 Å². The van der Waals surface area contributed by atoms with Crippen LogP contribution < -0.4 is 10.1 Å². The monoisotopic (exact) mass is 515 g/mol. The van der Waals surface area contributed by atoms with Crippen LogP contribution in [0.4, 0.5) is 19.0 Å². The van der Waals surface area contributed by atoms with Gasteiger partial charge in [-0.3, -0.25) is 0 Å². The van der Waals surface area contributed by atoms with Crippen LogP contribution >= 0.6 is 38.5 Å². The molecular weight excluding hydrogens is 502 g/mol. The Morgan fingerprint density at radius 2 is 1.92 bits per heavy atom. The third kappa shape index (κ3) is 5.76. The summed E-state index contributed by atoms with van der Waals surface area (Å²) in [6.45, 7) is 2.58. The summed E-state index contributed by atoms with van der Waals surface area (Å²) < 4.78 is 41.1. The molecule has 0 saturated heterocycles. The standard InChI is InChI=1S/C15H14BrF3IN3O/c1-9(16)13-12(20)14(23-8-22-13)21-7-6-10-2-4-11(5-3-10)24-15(17,18)19/h2-5,8-9H,6-7H2,1H3,(H,21,22,23). The predicted octanol–water partition coefficient (Wildman–Crippen LogP) is 5.09. The van der Waals surface area contributed by atoms with Crippen LogP contribution in [0.1, 0.15) is 23.0 Å². The molecule has 1 atom stereocenters. The maximum Gasteiger partial charge on any atom is 0.573 e. The number of halogens is 5. The molecule has 2 aromatic rings. The number of alkyl halides is 4. The van der Waals surface area contributed by atoms with Crippen LogP contribution in [-0.4, -0.2) is 22.9 Å². The maximum atomic E-state index is 12.1. The molecule has 0 aliphatic rings. The summed E-state index contributed by atoms with van der Waals surface area (Å²) in [5, 5.41) is 3.22. The molecule has 0 bridgehead atoms. The van der Waals surface area contributed by atoms with Crippen LogP contribution in [0.15, 0.2) is 30.6 Å². The molecule has 0 aliphatic carbocycles. The quantitative estimate of drug-likeness (QED) is 0.430. The minimum absolute atomic E-state index is 0.120. The first kappa shape index (κ1) is 19.2. The molecule has 0 saturated carbocycles. The van der Waals surface area contributed by atoms with Gasteiger partial charge in [-0.1, -0.05) is 28.1 Å². The summed E-state index contributed by atoms with van der Waals surface area (Å²) in [7, 11) is 0. The molecular formula is C15H14BrF3IN3O. The summed E-state index contributed by atoms with van der Waals surface area (Å²) in [5.41, 5.74) is 1.80. The first-order chi connectivity index (χ1) is 11.3. The van der Waals surface area contributed by atoms with Gasteiger partial charge in [0.15, 0.2) is 0 Å². The largest absolute Gasteiger partial charge is 0.573 e. The Morgan fingerprint density at radius 3 is 2.50 bits per heavy atom. The van der Waals surface area contributed by atoms with Crippen molar-refractivity contribution in [1.82, 2.24) is 9.97 Å². The Morgan fingerprint density at radius 1 is 1.25 bits per heavy atom. The van der Waals surface area contributed by atoms with Gasteiger partial charge in [0.1, 0.15) is 17.9 Å². The van der Waals surface area contributed by atoms with Gasteiger partial charge in [-0.2, -0.15) is 0 Å². The lowest BCUT2D eigenvalue weighted by molar-refractivity contribution is -0.274. The second kappa shape index (κ2) is 8.32. The van der Waals surface area contributed by atoms with E-state index in [4.69, 9.17) is 0 Å². The van der Waals surface area contributed by atoms with Crippen LogP contribution in [0, 0.1) is 3.57 Å². The van der Waals surface area contributed by atoms with E-state index in [1.165, 1.54) is 18.5 Å². The smallest absolute Gasteiger partial charge is 0.406 e. The zero-order valence-corrected chi connectivity index (χ0v) is 16.3. The van der Waals surface area contributed by atoms with Crippen molar-refractivity contribution in [3.05, 3.63) is 45.4 Å². The van der Waals surface area contributed by atoms with Gasteiger partial charge in [0.25, 0.3) is 0 Å². The molecule has 2 rings (SSSR count). The molecule has 0 amide bonds. The van der Waals surface area contributed by atoms with Crippen molar-refractivity contribution in [2.24, 2.45) is 0 Å². The molecule has 1 unspecified atom stereocenters. The molecule has 130 valence electrons. The number of ether oxygens (including phenoxy) is 1. The molecule has 9 heteroatoms. The highest BCUT2D eigenvalue weighted by Gasteiger charge is 2.30. The minimum Gasteiger partial charge on any atom is -0.406 e. The number of aromatic nitrogens is 2. The summed E-state index contributed by atoms with van der Waals surface area (Å²) >= 11 is 5.67. The number of benzene rings is 1. The third-order valence-electron chi connectivity index (χ3n) is 3.06. The van der Waals surface area contributed by atoms with E-state index in [-0.39, 0.29) is 10.6 Å². The fourth-order valence-electron chi connectivity index (χ4n) is 1.97. The van der Waals surface area contributed by atoms with Gasteiger partial charge in [-0.25, -0.2) is 9.97 Å². The SMILES string of the molecule is CC(Br)c1ncnc(NCCc2ccc(OC(F)(F)F)cc2)c1I. The molecule has 0 aliphatic heterocycles. The van der Waals surface area contributed by atoms with Crippen molar-refractivity contribution in [1.29, 1.82) is 0 Å². The van der Waals surface area contributed by atoms with Crippen LogP contribution in [0.25, 0.3) is 0 Å². The van der Waals surface area contributed by atoms with Gasteiger partial charge in [-0.15, -0.1) is 13.2 Å². The van der Waals surface area contributed by atoms with Crippen LogP contribution in [0.3, 0.4) is 0 Å². The molecule has 4 nitrogen and oxygen atoms in total. The number of nitrogens with one attached hydrogen (secondary N) is 1. The molecule has 1 aromatic carbocycles. The van der Waals surface area contributed by atoms with Crippen LogP contribution in [0.2, 0.25) is 0 Å². The highest BCUT2D eigenvalue weighted by molar-refractivity contribution is 14.1. The molecule has 24 heavy (non-hydrogen) atoms. The van der Waals surface area contributed by atoms with Gasteiger partial charge >= 0.3 is 6.36 Å². The second-order valence-electron chi connectivity index (χ2n) is 4.91. The first-order valence-electron chi connectivity index (χ1n) is 6.99. The van der Waals surface area contributed by atoms with Crippen LogP contribution in [0.5, 0.6) is 5.75 Å². The van der Waals surface area contributed by atoms with E-state index in [1.54, 1.807) is 12.1 Å². The topological polar surface area (TPSA) is 47.0 Å². The molecule has 0 radical (unpaired) electrons.